The van der Waals surface area contributed by atoms with Crippen LogP contribution in [-0.2, 0) is 6.42 Å². The van der Waals surface area contributed by atoms with Gasteiger partial charge in [0.2, 0.25) is 0 Å². The van der Waals surface area contributed by atoms with E-state index in [4.69, 9.17) is 0 Å². The normalized spacial score (nSPS) is 24.5. The van der Waals surface area contributed by atoms with Crippen LogP contribution in [0.4, 0.5) is 0 Å². The summed E-state index contributed by atoms with van der Waals surface area (Å²) in [5.74, 6) is 0.774. The van der Waals surface area contributed by atoms with Gasteiger partial charge in [0.15, 0.2) is 0 Å². The number of nitrogens with zero attached hydrogens (tertiary/aromatic N) is 1. The largest absolute Gasteiger partial charge is 0.314 e. The van der Waals surface area contributed by atoms with Gasteiger partial charge in [0.05, 0.1) is 0 Å². The number of rotatable bonds is 6. The van der Waals surface area contributed by atoms with E-state index >= 15 is 0 Å². The highest BCUT2D eigenvalue weighted by molar-refractivity contribution is 5.14. The highest BCUT2D eigenvalue weighted by Crippen LogP contribution is 2.17. The summed E-state index contributed by atoms with van der Waals surface area (Å²) in [5.41, 5.74) is 1.46. The maximum absolute atomic E-state index is 3.69. The maximum Gasteiger partial charge on any atom is 0.0117 e. The first-order chi connectivity index (χ1) is 9.29. The minimum atomic E-state index is 0.730. The van der Waals surface area contributed by atoms with E-state index < -0.39 is 0 Å². The van der Waals surface area contributed by atoms with Crippen LogP contribution in [-0.4, -0.2) is 37.1 Å². The summed E-state index contributed by atoms with van der Waals surface area (Å²) in [6, 6.07) is 11.6. The first kappa shape index (κ1) is 14.5. The van der Waals surface area contributed by atoms with Crippen molar-refractivity contribution >= 4 is 0 Å². The van der Waals surface area contributed by atoms with Crippen LogP contribution in [0.3, 0.4) is 0 Å². The summed E-state index contributed by atoms with van der Waals surface area (Å²) >= 11 is 0. The predicted octanol–water partition coefficient (Wildman–Crippen LogP) is 2.94. The van der Waals surface area contributed by atoms with Crippen LogP contribution in [0.5, 0.6) is 0 Å². The zero-order valence-electron chi connectivity index (χ0n) is 12.4. The van der Waals surface area contributed by atoms with E-state index in [-0.39, 0.29) is 0 Å². The number of piperidine rings is 1. The third-order valence-corrected chi connectivity index (χ3v) is 4.21. The molecule has 0 aromatic heterocycles. The van der Waals surface area contributed by atoms with Crippen molar-refractivity contribution in [3.8, 4) is 0 Å². The van der Waals surface area contributed by atoms with E-state index in [0.717, 1.165) is 12.0 Å². The monoisotopic (exact) mass is 260 g/mol. The van der Waals surface area contributed by atoms with Crippen LogP contribution < -0.4 is 5.32 Å². The second kappa shape index (κ2) is 7.66. The second-order valence-electron chi connectivity index (χ2n) is 5.86. The summed E-state index contributed by atoms with van der Waals surface area (Å²) < 4.78 is 0. The van der Waals surface area contributed by atoms with Gasteiger partial charge in [0, 0.05) is 19.1 Å². The molecule has 2 rings (SSSR count). The zero-order chi connectivity index (χ0) is 13.5. The summed E-state index contributed by atoms with van der Waals surface area (Å²) in [5, 5.41) is 3.69. The number of hydrogen-bond acceptors (Lipinski definition) is 2. The van der Waals surface area contributed by atoms with Crippen molar-refractivity contribution in [2.24, 2.45) is 5.92 Å². The number of likely N-dealkylation sites (tertiary alicyclic amines) is 1. The Labute approximate surface area is 118 Å². The van der Waals surface area contributed by atoms with Gasteiger partial charge in [-0.05, 0) is 43.8 Å². The minimum absolute atomic E-state index is 0.730. The molecule has 1 aromatic carbocycles. The van der Waals surface area contributed by atoms with E-state index in [1.54, 1.807) is 0 Å². The first-order valence-electron chi connectivity index (χ1n) is 7.79. The average molecular weight is 260 g/mol. The molecule has 19 heavy (non-hydrogen) atoms. The molecule has 1 fully saturated rings. The van der Waals surface area contributed by atoms with Gasteiger partial charge in [-0.2, -0.15) is 0 Å². The molecular weight excluding hydrogens is 232 g/mol. The molecule has 0 bridgehead atoms. The Balaban J connectivity index is 1.73. The van der Waals surface area contributed by atoms with Crippen molar-refractivity contribution < 1.29 is 0 Å². The molecule has 0 spiro atoms. The predicted molar refractivity (Wildman–Crippen MR) is 82.4 cm³/mol. The van der Waals surface area contributed by atoms with Crippen LogP contribution in [0.15, 0.2) is 30.3 Å². The molecule has 2 nitrogen and oxygen atoms in total. The van der Waals surface area contributed by atoms with Gasteiger partial charge in [0.1, 0.15) is 0 Å². The Hall–Kier alpha value is -0.860. The maximum atomic E-state index is 3.69. The number of nitrogens with one attached hydrogen (secondary N) is 1. The fourth-order valence-corrected chi connectivity index (χ4v) is 3.00. The van der Waals surface area contributed by atoms with E-state index in [2.05, 4.69) is 54.4 Å². The van der Waals surface area contributed by atoms with E-state index in [0.29, 0.717) is 0 Å². The van der Waals surface area contributed by atoms with Crippen molar-refractivity contribution in [3.63, 3.8) is 0 Å². The molecule has 1 aromatic rings. The van der Waals surface area contributed by atoms with E-state index in [1.807, 2.05) is 0 Å². The molecule has 1 heterocycles. The quantitative estimate of drug-likeness (QED) is 0.846. The smallest absolute Gasteiger partial charge is 0.0117 e. The van der Waals surface area contributed by atoms with Gasteiger partial charge in [-0.3, -0.25) is 0 Å². The summed E-state index contributed by atoms with van der Waals surface area (Å²) in [4.78, 5) is 2.63. The molecule has 106 valence electrons. The fourth-order valence-electron chi connectivity index (χ4n) is 3.00. The fraction of sp³-hybridized carbons (Fsp3) is 0.647. The third kappa shape index (κ3) is 4.63. The molecule has 0 radical (unpaired) electrons. The second-order valence-corrected chi connectivity index (χ2v) is 5.86. The average Bonchev–Trinajstić information content (AvgIpc) is 2.45. The molecule has 1 aliphatic rings. The molecule has 0 amide bonds. The lowest BCUT2D eigenvalue weighted by atomic mass is 9.93. The van der Waals surface area contributed by atoms with Crippen molar-refractivity contribution in [1.82, 2.24) is 10.2 Å². The highest BCUT2D eigenvalue weighted by Gasteiger charge is 2.24. The van der Waals surface area contributed by atoms with Crippen LogP contribution in [0.25, 0.3) is 0 Å². The molecule has 1 aliphatic heterocycles. The zero-order valence-corrected chi connectivity index (χ0v) is 12.4. The first-order valence-corrected chi connectivity index (χ1v) is 7.79. The molecule has 0 saturated carbocycles. The lowest BCUT2D eigenvalue weighted by molar-refractivity contribution is 0.149. The highest BCUT2D eigenvalue weighted by atomic mass is 15.1. The number of benzene rings is 1. The molecule has 2 atom stereocenters. The molecule has 1 N–H and O–H groups in total. The van der Waals surface area contributed by atoms with Crippen molar-refractivity contribution in [2.45, 2.75) is 39.2 Å². The van der Waals surface area contributed by atoms with E-state index in [1.165, 1.54) is 51.0 Å². The van der Waals surface area contributed by atoms with Crippen molar-refractivity contribution in [1.29, 1.82) is 0 Å². The van der Waals surface area contributed by atoms with Crippen LogP contribution in [0.1, 0.15) is 32.3 Å². The van der Waals surface area contributed by atoms with Crippen molar-refractivity contribution in [3.05, 3.63) is 35.9 Å². The van der Waals surface area contributed by atoms with Gasteiger partial charge >= 0.3 is 0 Å². The summed E-state index contributed by atoms with van der Waals surface area (Å²) in [7, 11) is 0. The molecular formula is C17H28N2. The van der Waals surface area contributed by atoms with Gasteiger partial charge in [-0.15, -0.1) is 0 Å². The van der Waals surface area contributed by atoms with Crippen LogP contribution in [0, 0.1) is 5.92 Å². The van der Waals surface area contributed by atoms with Crippen molar-refractivity contribution in [2.75, 3.05) is 26.2 Å². The lowest BCUT2D eigenvalue weighted by Gasteiger charge is -2.37. The Morgan fingerprint density at radius 3 is 2.74 bits per heavy atom. The van der Waals surface area contributed by atoms with Crippen LogP contribution in [0.2, 0.25) is 0 Å². The molecule has 0 aliphatic carbocycles. The molecule has 2 unspecified atom stereocenters. The number of hydrogen-bond donors (Lipinski definition) is 1. The Kier molecular flexibility index (Phi) is 5.87. The van der Waals surface area contributed by atoms with E-state index in [9.17, 15) is 0 Å². The Morgan fingerprint density at radius 2 is 2.05 bits per heavy atom. The minimum Gasteiger partial charge on any atom is -0.314 e. The summed E-state index contributed by atoms with van der Waals surface area (Å²) in [6.07, 6.45) is 3.72. The van der Waals surface area contributed by atoms with Gasteiger partial charge < -0.3 is 10.2 Å². The van der Waals surface area contributed by atoms with Gasteiger partial charge in [-0.25, -0.2) is 0 Å². The summed E-state index contributed by atoms with van der Waals surface area (Å²) in [6.45, 7) is 9.50. The molecule has 2 heteroatoms. The SMILES string of the molecule is CCCNC1CCN(CCc2ccccc2)CC1C. The van der Waals surface area contributed by atoms with Crippen LogP contribution >= 0.6 is 0 Å². The molecule has 1 saturated heterocycles. The lowest BCUT2D eigenvalue weighted by Crippen LogP contribution is -2.48. The topological polar surface area (TPSA) is 15.3 Å². The van der Waals surface area contributed by atoms with Gasteiger partial charge in [-0.1, -0.05) is 44.2 Å². The van der Waals surface area contributed by atoms with Gasteiger partial charge in [0.25, 0.3) is 0 Å². The Morgan fingerprint density at radius 1 is 1.26 bits per heavy atom. The Bertz CT molecular complexity index is 350. The third-order valence-electron chi connectivity index (χ3n) is 4.21. The standard InChI is InChI=1S/C17H28N2/c1-3-11-18-17-10-13-19(14-15(17)2)12-9-16-7-5-4-6-8-16/h4-8,15,17-18H,3,9-14H2,1-2H3.